The van der Waals surface area contributed by atoms with Crippen LogP contribution < -0.4 is 10.6 Å². The summed E-state index contributed by atoms with van der Waals surface area (Å²) in [7, 11) is 0. The average Bonchev–Trinajstić information content (AvgIpc) is 2.71. The number of fused-ring (bicyclic) bond motifs is 1. The Labute approximate surface area is 119 Å². The highest BCUT2D eigenvalue weighted by Crippen LogP contribution is 2.10. The van der Waals surface area contributed by atoms with Gasteiger partial charge >= 0.3 is 6.03 Å². The van der Waals surface area contributed by atoms with Gasteiger partial charge in [-0.05, 0) is 39.3 Å². The molecule has 0 spiro atoms. The van der Waals surface area contributed by atoms with Gasteiger partial charge in [-0.1, -0.05) is 6.07 Å². The van der Waals surface area contributed by atoms with Crippen molar-refractivity contribution in [2.24, 2.45) is 0 Å². The normalized spacial score (nSPS) is 11.6. The molecule has 2 aromatic rings. The molecule has 20 heavy (non-hydrogen) atoms. The third-order valence-corrected chi connectivity index (χ3v) is 2.88. The van der Waals surface area contributed by atoms with E-state index in [1.54, 1.807) is 0 Å². The summed E-state index contributed by atoms with van der Waals surface area (Å²) in [4.78, 5) is 16.2. The second-order valence-electron chi connectivity index (χ2n) is 6.04. The van der Waals surface area contributed by atoms with Gasteiger partial charge in [0.2, 0.25) is 0 Å². The number of aromatic nitrogens is 2. The van der Waals surface area contributed by atoms with Crippen molar-refractivity contribution in [1.29, 1.82) is 0 Å². The highest BCUT2D eigenvalue weighted by Gasteiger charge is 2.13. The zero-order chi connectivity index (χ0) is 14.8. The largest absolute Gasteiger partial charge is 0.338 e. The van der Waals surface area contributed by atoms with Gasteiger partial charge in [0.15, 0.2) is 0 Å². The van der Waals surface area contributed by atoms with Gasteiger partial charge in [0.1, 0.15) is 5.65 Å². The molecule has 5 nitrogen and oxygen atoms in total. The molecule has 0 saturated carbocycles. The van der Waals surface area contributed by atoms with Crippen molar-refractivity contribution in [2.75, 3.05) is 6.54 Å². The van der Waals surface area contributed by atoms with E-state index >= 15 is 0 Å². The molecule has 0 atom stereocenters. The van der Waals surface area contributed by atoms with Crippen LogP contribution in [0.5, 0.6) is 0 Å². The van der Waals surface area contributed by atoms with Crippen molar-refractivity contribution in [3.8, 4) is 0 Å². The molecule has 0 bridgehead atoms. The maximum absolute atomic E-state index is 11.6. The van der Waals surface area contributed by atoms with E-state index < -0.39 is 0 Å². The van der Waals surface area contributed by atoms with E-state index in [9.17, 15) is 4.79 Å². The summed E-state index contributed by atoms with van der Waals surface area (Å²) in [6, 6.07) is 3.90. The molecule has 108 valence electrons. The van der Waals surface area contributed by atoms with Gasteiger partial charge in [0.25, 0.3) is 0 Å². The Hall–Kier alpha value is -2.04. The summed E-state index contributed by atoms with van der Waals surface area (Å²) < 4.78 is 2.01. The third kappa shape index (κ3) is 3.73. The smallest absolute Gasteiger partial charge is 0.315 e. The van der Waals surface area contributed by atoms with Crippen LogP contribution in [0.15, 0.2) is 24.5 Å². The van der Waals surface area contributed by atoms with Crippen molar-refractivity contribution >= 4 is 11.7 Å². The lowest BCUT2D eigenvalue weighted by Crippen LogP contribution is -2.46. The SMILES string of the molecule is Cc1cccn2cc(CCNC(=O)NC(C)(C)C)nc12. The number of nitrogens with zero attached hydrogens (tertiary/aromatic N) is 2. The summed E-state index contributed by atoms with van der Waals surface area (Å²) in [6.07, 6.45) is 4.71. The fourth-order valence-corrected chi connectivity index (χ4v) is 2.01. The molecule has 0 aliphatic rings. The van der Waals surface area contributed by atoms with Gasteiger partial charge < -0.3 is 15.0 Å². The second-order valence-corrected chi connectivity index (χ2v) is 6.04. The van der Waals surface area contributed by atoms with Gasteiger partial charge in [0.05, 0.1) is 5.69 Å². The van der Waals surface area contributed by atoms with E-state index in [0.29, 0.717) is 6.54 Å². The zero-order valence-corrected chi connectivity index (χ0v) is 12.5. The van der Waals surface area contributed by atoms with Crippen molar-refractivity contribution in [1.82, 2.24) is 20.0 Å². The molecule has 0 fully saturated rings. The number of pyridine rings is 1. The number of hydrogen-bond acceptors (Lipinski definition) is 2. The molecule has 0 saturated heterocycles. The Morgan fingerprint density at radius 3 is 2.80 bits per heavy atom. The van der Waals surface area contributed by atoms with Gasteiger partial charge in [-0.25, -0.2) is 9.78 Å². The van der Waals surface area contributed by atoms with Crippen molar-refractivity contribution < 1.29 is 4.79 Å². The first-order chi connectivity index (χ1) is 9.35. The molecule has 2 rings (SSSR count). The molecule has 2 N–H and O–H groups in total. The topological polar surface area (TPSA) is 58.4 Å². The Morgan fingerprint density at radius 1 is 1.40 bits per heavy atom. The molecule has 5 heteroatoms. The first kappa shape index (κ1) is 14.4. The minimum Gasteiger partial charge on any atom is -0.338 e. The number of nitrogens with one attached hydrogen (secondary N) is 2. The fourth-order valence-electron chi connectivity index (χ4n) is 2.01. The van der Waals surface area contributed by atoms with E-state index in [4.69, 9.17) is 0 Å². The summed E-state index contributed by atoms with van der Waals surface area (Å²) in [5.74, 6) is 0. The summed E-state index contributed by atoms with van der Waals surface area (Å²) in [6.45, 7) is 8.48. The van der Waals surface area contributed by atoms with Crippen LogP contribution in [0, 0.1) is 6.92 Å². The molecule has 0 aliphatic carbocycles. The van der Waals surface area contributed by atoms with Crippen molar-refractivity contribution in [2.45, 2.75) is 39.7 Å². The van der Waals surface area contributed by atoms with Crippen LogP contribution in [0.4, 0.5) is 4.79 Å². The predicted octanol–water partition coefficient (Wildman–Crippen LogP) is 2.28. The number of urea groups is 1. The Bertz CT molecular complexity index is 610. The number of hydrogen-bond donors (Lipinski definition) is 2. The fraction of sp³-hybridized carbons (Fsp3) is 0.467. The molecule has 2 aromatic heterocycles. The number of carbonyl (C=O) groups excluding carboxylic acids is 1. The summed E-state index contributed by atoms with van der Waals surface area (Å²) in [5.41, 5.74) is 2.89. The van der Waals surface area contributed by atoms with E-state index in [2.05, 4.69) is 15.6 Å². The van der Waals surface area contributed by atoms with Crippen LogP contribution in [0.1, 0.15) is 32.0 Å². The van der Waals surface area contributed by atoms with Crippen LogP contribution >= 0.6 is 0 Å². The number of amides is 2. The predicted molar refractivity (Wildman–Crippen MR) is 79.9 cm³/mol. The molecular weight excluding hydrogens is 252 g/mol. The number of carbonyl (C=O) groups is 1. The van der Waals surface area contributed by atoms with Crippen molar-refractivity contribution in [3.63, 3.8) is 0 Å². The molecule has 0 radical (unpaired) electrons. The van der Waals surface area contributed by atoms with Crippen LogP contribution in [-0.4, -0.2) is 27.5 Å². The van der Waals surface area contributed by atoms with Gasteiger partial charge in [0, 0.05) is 30.9 Å². The first-order valence-electron chi connectivity index (χ1n) is 6.84. The molecule has 0 aromatic carbocycles. The third-order valence-electron chi connectivity index (χ3n) is 2.88. The van der Waals surface area contributed by atoms with Crippen molar-refractivity contribution in [3.05, 3.63) is 35.8 Å². The number of aryl methyl sites for hydroxylation is 1. The Morgan fingerprint density at radius 2 is 2.15 bits per heavy atom. The van der Waals surface area contributed by atoms with Gasteiger partial charge in [-0.15, -0.1) is 0 Å². The Balaban J connectivity index is 1.90. The minimum absolute atomic E-state index is 0.141. The summed E-state index contributed by atoms with van der Waals surface area (Å²) >= 11 is 0. The van der Waals surface area contributed by atoms with E-state index in [0.717, 1.165) is 23.3 Å². The molecule has 2 amide bonds. The van der Waals surface area contributed by atoms with E-state index in [1.165, 1.54) is 0 Å². The highest BCUT2D eigenvalue weighted by molar-refractivity contribution is 5.74. The lowest BCUT2D eigenvalue weighted by atomic mass is 10.1. The quantitative estimate of drug-likeness (QED) is 0.902. The first-order valence-corrected chi connectivity index (χ1v) is 6.84. The second kappa shape index (κ2) is 5.53. The zero-order valence-electron chi connectivity index (χ0n) is 12.5. The summed E-state index contributed by atoms with van der Waals surface area (Å²) in [5, 5.41) is 5.71. The monoisotopic (exact) mass is 274 g/mol. The minimum atomic E-state index is -0.218. The standard InChI is InChI=1S/C15H22N4O/c1-11-6-5-9-19-10-12(17-13(11)19)7-8-16-14(20)18-15(2,3)4/h5-6,9-10H,7-8H2,1-4H3,(H2,16,18,20). The van der Waals surface area contributed by atoms with Crippen LogP contribution in [-0.2, 0) is 6.42 Å². The number of imidazole rings is 1. The lowest BCUT2D eigenvalue weighted by Gasteiger charge is -2.20. The lowest BCUT2D eigenvalue weighted by molar-refractivity contribution is 0.232. The van der Waals surface area contributed by atoms with Crippen LogP contribution in [0.3, 0.4) is 0 Å². The average molecular weight is 274 g/mol. The van der Waals surface area contributed by atoms with E-state index in [-0.39, 0.29) is 11.6 Å². The highest BCUT2D eigenvalue weighted by atomic mass is 16.2. The molecule has 0 unspecified atom stereocenters. The van der Waals surface area contributed by atoms with E-state index in [1.807, 2.05) is 56.6 Å². The molecule has 0 aliphatic heterocycles. The maximum Gasteiger partial charge on any atom is 0.315 e. The maximum atomic E-state index is 11.6. The number of rotatable bonds is 3. The molecular formula is C15H22N4O. The van der Waals surface area contributed by atoms with Gasteiger partial charge in [-0.2, -0.15) is 0 Å². The van der Waals surface area contributed by atoms with Crippen LogP contribution in [0.2, 0.25) is 0 Å². The van der Waals surface area contributed by atoms with Gasteiger partial charge in [-0.3, -0.25) is 0 Å². The van der Waals surface area contributed by atoms with Crippen LogP contribution in [0.25, 0.3) is 5.65 Å². The Kier molecular flexibility index (Phi) is 3.97. The molecule has 2 heterocycles.